The molecule has 1 fully saturated rings. The van der Waals surface area contributed by atoms with Crippen molar-refractivity contribution in [1.82, 2.24) is 9.88 Å². The Balaban J connectivity index is 1.98. The van der Waals surface area contributed by atoms with Crippen molar-refractivity contribution in [1.29, 1.82) is 0 Å². The number of amides is 1. The summed E-state index contributed by atoms with van der Waals surface area (Å²) in [5.74, 6) is 0.844. The second-order valence-electron chi connectivity index (χ2n) is 8.15. The fraction of sp³-hybridized carbons (Fsp3) is 0.667. The molecule has 1 aromatic heterocycles. The number of aromatic nitrogens is 1. The lowest BCUT2D eigenvalue weighted by Crippen LogP contribution is -2.41. The third kappa shape index (κ3) is 5.84. The van der Waals surface area contributed by atoms with Gasteiger partial charge in [-0.1, -0.05) is 27.7 Å². The number of rotatable bonds is 6. The number of carbonyl (C=O) groups excluding carboxylic acids is 2. The molecule has 0 radical (unpaired) electrons. The van der Waals surface area contributed by atoms with E-state index in [2.05, 4.69) is 15.2 Å². The quantitative estimate of drug-likeness (QED) is 0.753. The summed E-state index contributed by atoms with van der Waals surface area (Å²) in [6.45, 7) is 13.1. The summed E-state index contributed by atoms with van der Waals surface area (Å²) in [7, 11) is 0. The predicted molar refractivity (Wildman–Crippen MR) is 111 cm³/mol. The third-order valence-corrected chi connectivity index (χ3v) is 4.82. The number of nitrogens with one attached hydrogen (secondary N) is 1. The first-order valence-corrected chi connectivity index (χ1v) is 10.2. The smallest absolute Gasteiger partial charge is 0.328 e. The van der Waals surface area contributed by atoms with E-state index < -0.39 is 0 Å². The molecule has 0 aromatic carbocycles. The zero-order valence-corrected chi connectivity index (χ0v) is 17.8. The number of nitrogens with zero attached hydrogens (tertiary/aromatic N) is 3. The van der Waals surface area contributed by atoms with Crippen LogP contribution in [0.5, 0.6) is 0 Å². The topological polar surface area (TPSA) is 74.8 Å². The Morgan fingerprint density at radius 1 is 1.18 bits per heavy atom. The highest BCUT2D eigenvalue weighted by molar-refractivity contribution is 5.81. The summed E-state index contributed by atoms with van der Waals surface area (Å²) in [4.78, 5) is 33.2. The van der Waals surface area contributed by atoms with Gasteiger partial charge in [-0.2, -0.15) is 0 Å². The first kappa shape index (κ1) is 22.0. The molecule has 2 rings (SSSR count). The standard InChI is InChI=1S/C21H34N4O3/c1-6-17(19(26)28-7-2)23-16-9-10-18(22-15-16)24-11-8-12-25(14-13-24)20(27)21(3,4)5/h9-10,15,17,23H,6-8,11-14H2,1-5H3. The molecule has 7 nitrogen and oxygen atoms in total. The lowest BCUT2D eigenvalue weighted by molar-refractivity contribution is -0.144. The van der Waals surface area contributed by atoms with E-state index in [-0.39, 0.29) is 23.3 Å². The molecule has 1 aliphatic rings. The Morgan fingerprint density at radius 3 is 2.50 bits per heavy atom. The summed E-state index contributed by atoms with van der Waals surface area (Å²) in [6, 6.07) is 3.53. The number of ether oxygens (including phenoxy) is 1. The fourth-order valence-corrected chi connectivity index (χ4v) is 3.25. The minimum absolute atomic E-state index is 0.200. The second kappa shape index (κ2) is 9.75. The molecular formula is C21H34N4O3. The van der Waals surface area contributed by atoms with Gasteiger partial charge in [-0.05, 0) is 31.9 Å². The van der Waals surface area contributed by atoms with Crippen LogP contribution in [0.25, 0.3) is 0 Å². The van der Waals surface area contributed by atoms with Crippen molar-refractivity contribution in [3.05, 3.63) is 18.3 Å². The number of pyridine rings is 1. The Bertz CT molecular complexity index is 655. The van der Waals surface area contributed by atoms with Crippen LogP contribution in [0, 0.1) is 5.41 Å². The van der Waals surface area contributed by atoms with Crippen LogP contribution < -0.4 is 10.2 Å². The van der Waals surface area contributed by atoms with Crippen molar-refractivity contribution in [2.24, 2.45) is 5.41 Å². The lowest BCUT2D eigenvalue weighted by Gasteiger charge is -2.28. The molecule has 1 unspecified atom stereocenters. The highest BCUT2D eigenvalue weighted by atomic mass is 16.5. The molecule has 1 saturated heterocycles. The van der Waals surface area contributed by atoms with Gasteiger partial charge in [0.2, 0.25) is 5.91 Å². The fourth-order valence-electron chi connectivity index (χ4n) is 3.25. The van der Waals surface area contributed by atoms with Crippen molar-refractivity contribution in [3.8, 4) is 0 Å². The van der Waals surface area contributed by atoms with Crippen molar-refractivity contribution in [3.63, 3.8) is 0 Å². The van der Waals surface area contributed by atoms with Crippen LogP contribution in [-0.4, -0.2) is 60.6 Å². The van der Waals surface area contributed by atoms with E-state index in [1.54, 1.807) is 13.1 Å². The number of carbonyl (C=O) groups is 2. The predicted octanol–water partition coefficient (Wildman–Crippen LogP) is 2.92. The zero-order valence-electron chi connectivity index (χ0n) is 17.8. The van der Waals surface area contributed by atoms with Gasteiger partial charge >= 0.3 is 5.97 Å². The first-order valence-electron chi connectivity index (χ1n) is 10.2. The van der Waals surface area contributed by atoms with Crippen LogP contribution >= 0.6 is 0 Å². The van der Waals surface area contributed by atoms with E-state index in [4.69, 9.17) is 4.74 Å². The molecule has 156 valence electrons. The number of anilines is 2. The summed E-state index contributed by atoms with van der Waals surface area (Å²) < 4.78 is 5.09. The van der Waals surface area contributed by atoms with Gasteiger partial charge in [0.1, 0.15) is 11.9 Å². The second-order valence-corrected chi connectivity index (χ2v) is 8.15. The van der Waals surface area contributed by atoms with Gasteiger partial charge in [0, 0.05) is 31.6 Å². The Morgan fingerprint density at radius 2 is 1.93 bits per heavy atom. The zero-order chi connectivity index (χ0) is 20.7. The van der Waals surface area contributed by atoms with E-state index in [9.17, 15) is 9.59 Å². The highest BCUT2D eigenvalue weighted by Crippen LogP contribution is 2.21. The summed E-state index contributed by atoms with van der Waals surface area (Å²) >= 11 is 0. The van der Waals surface area contributed by atoms with E-state index in [1.165, 1.54) is 0 Å². The number of hydrogen-bond acceptors (Lipinski definition) is 6. The highest BCUT2D eigenvalue weighted by Gasteiger charge is 2.28. The molecular weight excluding hydrogens is 356 g/mol. The molecule has 7 heteroatoms. The third-order valence-electron chi connectivity index (χ3n) is 4.82. The molecule has 1 aromatic rings. The van der Waals surface area contributed by atoms with Gasteiger partial charge in [-0.25, -0.2) is 9.78 Å². The summed E-state index contributed by atoms with van der Waals surface area (Å²) in [6.07, 6.45) is 3.31. The molecule has 1 N–H and O–H groups in total. The molecule has 1 atom stereocenters. The van der Waals surface area contributed by atoms with Crippen LogP contribution in [0.4, 0.5) is 11.5 Å². The van der Waals surface area contributed by atoms with Crippen molar-refractivity contribution in [2.45, 2.75) is 53.5 Å². The summed E-state index contributed by atoms with van der Waals surface area (Å²) in [5, 5.41) is 3.19. The average Bonchev–Trinajstić information content (AvgIpc) is 2.91. The molecule has 1 aliphatic heterocycles. The molecule has 0 aliphatic carbocycles. The molecule has 2 heterocycles. The molecule has 1 amide bonds. The van der Waals surface area contributed by atoms with Crippen LogP contribution in [0.1, 0.15) is 47.5 Å². The van der Waals surface area contributed by atoms with E-state index in [1.807, 2.05) is 44.7 Å². The Labute approximate surface area is 168 Å². The summed E-state index contributed by atoms with van der Waals surface area (Å²) in [5.41, 5.74) is 0.443. The first-order chi connectivity index (χ1) is 13.3. The van der Waals surface area contributed by atoms with E-state index in [0.29, 0.717) is 19.6 Å². The van der Waals surface area contributed by atoms with Crippen LogP contribution in [0.2, 0.25) is 0 Å². The maximum absolute atomic E-state index is 12.5. The maximum atomic E-state index is 12.5. The van der Waals surface area contributed by atoms with Crippen LogP contribution in [0.3, 0.4) is 0 Å². The van der Waals surface area contributed by atoms with Gasteiger partial charge in [-0.15, -0.1) is 0 Å². The largest absolute Gasteiger partial charge is 0.464 e. The van der Waals surface area contributed by atoms with Crippen molar-refractivity contribution in [2.75, 3.05) is 43.0 Å². The molecule has 28 heavy (non-hydrogen) atoms. The lowest BCUT2D eigenvalue weighted by atomic mass is 9.94. The van der Waals surface area contributed by atoms with E-state index in [0.717, 1.165) is 37.6 Å². The van der Waals surface area contributed by atoms with Gasteiger partial charge in [0.25, 0.3) is 0 Å². The molecule has 0 bridgehead atoms. The van der Waals surface area contributed by atoms with Crippen molar-refractivity contribution < 1.29 is 14.3 Å². The van der Waals surface area contributed by atoms with E-state index >= 15 is 0 Å². The minimum atomic E-state index is -0.372. The van der Waals surface area contributed by atoms with Gasteiger partial charge in [0.05, 0.1) is 18.5 Å². The van der Waals surface area contributed by atoms with Gasteiger partial charge < -0.3 is 19.9 Å². The minimum Gasteiger partial charge on any atom is -0.464 e. The normalized spacial score (nSPS) is 16.3. The van der Waals surface area contributed by atoms with Crippen molar-refractivity contribution >= 4 is 23.4 Å². The number of hydrogen-bond donors (Lipinski definition) is 1. The Hall–Kier alpha value is -2.31. The molecule has 0 saturated carbocycles. The van der Waals surface area contributed by atoms with Gasteiger partial charge in [0.15, 0.2) is 0 Å². The monoisotopic (exact) mass is 390 g/mol. The maximum Gasteiger partial charge on any atom is 0.328 e. The van der Waals surface area contributed by atoms with Crippen LogP contribution in [-0.2, 0) is 14.3 Å². The SMILES string of the molecule is CCOC(=O)C(CC)Nc1ccc(N2CCCN(C(=O)C(C)(C)C)CC2)nc1. The van der Waals surface area contributed by atoms with Gasteiger partial charge in [-0.3, -0.25) is 4.79 Å². The molecule has 0 spiro atoms. The average molecular weight is 391 g/mol. The Kier molecular flexibility index (Phi) is 7.66. The number of esters is 1. The van der Waals surface area contributed by atoms with Crippen LogP contribution in [0.15, 0.2) is 18.3 Å².